The Morgan fingerprint density at radius 1 is 1.37 bits per heavy atom. The first-order valence-electron chi connectivity index (χ1n) is 7.22. The number of pyridine rings is 1. The highest BCUT2D eigenvalue weighted by Crippen LogP contribution is 2.17. The van der Waals surface area contributed by atoms with Crippen LogP contribution >= 0.6 is 0 Å². The van der Waals surface area contributed by atoms with Gasteiger partial charge in [-0.15, -0.1) is 0 Å². The second-order valence-corrected chi connectivity index (χ2v) is 5.78. The van der Waals surface area contributed by atoms with Gasteiger partial charge in [0, 0.05) is 37.9 Å². The number of nitrogens with zero attached hydrogens (tertiary/aromatic N) is 3. The van der Waals surface area contributed by atoms with Crippen molar-refractivity contribution in [1.82, 2.24) is 15.2 Å². The summed E-state index contributed by atoms with van der Waals surface area (Å²) in [6.07, 6.45) is 4.28. The Bertz CT molecular complexity index is 358. The summed E-state index contributed by atoms with van der Waals surface area (Å²) in [6, 6.07) is 7.34. The maximum absolute atomic E-state index is 4.43. The van der Waals surface area contributed by atoms with Crippen molar-refractivity contribution in [2.45, 2.75) is 31.8 Å². The van der Waals surface area contributed by atoms with Gasteiger partial charge in [-0.25, -0.2) is 4.98 Å². The topological polar surface area (TPSA) is 31.4 Å². The Hall–Kier alpha value is -1.13. The zero-order valence-electron chi connectivity index (χ0n) is 12.3. The van der Waals surface area contributed by atoms with E-state index in [0.29, 0.717) is 12.1 Å². The Balaban J connectivity index is 1.76. The van der Waals surface area contributed by atoms with Crippen molar-refractivity contribution < 1.29 is 0 Å². The van der Waals surface area contributed by atoms with Crippen molar-refractivity contribution in [2.24, 2.45) is 0 Å². The Morgan fingerprint density at radius 3 is 2.68 bits per heavy atom. The lowest BCUT2D eigenvalue weighted by atomic mass is 10.0. The summed E-state index contributed by atoms with van der Waals surface area (Å²) >= 11 is 0. The summed E-state index contributed by atoms with van der Waals surface area (Å²) in [6.45, 7) is 5.57. The minimum absolute atomic E-state index is 0.557. The van der Waals surface area contributed by atoms with Crippen LogP contribution in [0.1, 0.15) is 19.8 Å². The van der Waals surface area contributed by atoms with Crippen molar-refractivity contribution in [3.63, 3.8) is 0 Å². The SMILES string of the molecule is CC(CN(C)C)NC1CCN(c2ccccn2)CC1. The van der Waals surface area contributed by atoms with E-state index in [0.717, 1.165) is 25.5 Å². The summed E-state index contributed by atoms with van der Waals surface area (Å²) in [5, 5.41) is 3.73. The van der Waals surface area contributed by atoms with E-state index in [-0.39, 0.29) is 0 Å². The standard InChI is InChI=1S/C15H26N4/c1-13(12-18(2)3)17-14-7-10-19(11-8-14)15-6-4-5-9-16-15/h4-6,9,13-14,17H,7-8,10-12H2,1-3H3. The zero-order valence-corrected chi connectivity index (χ0v) is 12.3. The molecule has 0 saturated carbocycles. The van der Waals surface area contributed by atoms with E-state index in [2.05, 4.69) is 53.3 Å². The molecule has 1 unspecified atom stereocenters. The third-order valence-electron chi connectivity index (χ3n) is 3.63. The van der Waals surface area contributed by atoms with Crippen molar-refractivity contribution in [3.05, 3.63) is 24.4 Å². The molecule has 1 atom stereocenters. The van der Waals surface area contributed by atoms with Gasteiger partial charge in [0.2, 0.25) is 0 Å². The molecule has 1 aliphatic heterocycles. The van der Waals surface area contributed by atoms with Gasteiger partial charge in [-0.05, 0) is 46.0 Å². The molecule has 0 radical (unpaired) electrons. The van der Waals surface area contributed by atoms with E-state index in [1.54, 1.807) is 0 Å². The molecule has 4 nitrogen and oxygen atoms in total. The van der Waals surface area contributed by atoms with Crippen LogP contribution < -0.4 is 10.2 Å². The lowest BCUT2D eigenvalue weighted by Gasteiger charge is -2.35. The van der Waals surface area contributed by atoms with Crippen LogP contribution in [0.3, 0.4) is 0 Å². The van der Waals surface area contributed by atoms with Crippen molar-refractivity contribution >= 4 is 5.82 Å². The van der Waals surface area contributed by atoms with Crippen LogP contribution in [0.5, 0.6) is 0 Å². The van der Waals surface area contributed by atoms with Gasteiger partial charge in [0.15, 0.2) is 0 Å². The molecule has 0 bridgehead atoms. The van der Waals surface area contributed by atoms with Crippen LogP contribution in [-0.2, 0) is 0 Å². The average Bonchev–Trinajstić information content (AvgIpc) is 2.39. The number of anilines is 1. The summed E-state index contributed by atoms with van der Waals surface area (Å²) in [5.41, 5.74) is 0. The van der Waals surface area contributed by atoms with Crippen LogP contribution in [0.25, 0.3) is 0 Å². The molecule has 1 saturated heterocycles. The molecule has 0 spiro atoms. The minimum Gasteiger partial charge on any atom is -0.357 e. The van der Waals surface area contributed by atoms with Crippen LogP contribution in [0.2, 0.25) is 0 Å². The fourth-order valence-corrected chi connectivity index (χ4v) is 2.82. The first-order chi connectivity index (χ1) is 9.15. The second-order valence-electron chi connectivity index (χ2n) is 5.78. The fraction of sp³-hybridized carbons (Fsp3) is 0.667. The van der Waals surface area contributed by atoms with Crippen molar-refractivity contribution in [1.29, 1.82) is 0 Å². The quantitative estimate of drug-likeness (QED) is 0.873. The van der Waals surface area contributed by atoms with Gasteiger partial charge in [0.1, 0.15) is 5.82 Å². The van der Waals surface area contributed by atoms with Crippen LogP contribution in [0.4, 0.5) is 5.82 Å². The first-order valence-corrected chi connectivity index (χ1v) is 7.22. The molecule has 1 fully saturated rings. The number of nitrogens with one attached hydrogen (secondary N) is 1. The molecule has 4 heteroatoms. The van der Waals surface area contributed by atoms with Gasteiger partial charge in [-0.2, -0.15) is 0 Å². The van der Waals surface area contributed by atoms with Crippen LogP contribution in [0.15, 0.2) is 24.4 Å². The molecule has 1 aliphatic rings. The van der Waals surface area contributed by atoms with E-state index in [4.69, 9.17) is 0 Å². The molecule has 0 aromatic carbocycles. The maximum Gasteiger partial charge on any atom is 0.128 e. The molecule has 1 N–H and O–H groups in total. The minimum atomic E-state index is 0.557. The van der Waals surface area contributed by atoms with Gasteiger partial charge < -0.3 is 15.1 Å². The largest absolute Gasteiger partial charge is 0.357 e. The van der Waals surface area contributed by atoms with Gasteiger partial charge in [0.05, 0.1) is 0 Å². The summed E-state index contributed by atoms with van der Waals surface area (Å²) in [7, 11) is 4.25. The molecule has 106 valence electrons. The average molecular weight is 262 g/mol. The Labute approximate surface area is 116 Å². The van der Waals surface area contributed by atoms with E-state index in [9.17, 15) is 0 Å². The van der Waals surface area contributed by atoms with Gasteiger partial charge >= 0.3 is 0 Å². The number of piperidine rings is 1. The molecule has 1 aromatic rings. The number of likely N-dealkylation sites (N-methyl/N-ethyl adjacent to an activating group) is 1. The molecular formula is C15H26N4. The smallest absolute Gasteiger partial charge is 0.128 e. The highest BCUT2D eigenvalue weighted by molar-refractivity contribution is 5.38. The lowest BCUT2D eigenvalue weighted by molar-refractivity contribution is 0.307. The molecular weight excluding hydrogens is 236 g/mol. The Morgan fingerprint density at radius 2 is 2.11 bits per heavy atom. The third-order valence-corrected chi connectivity index (χ3v) is 3.63. The highest BCUT2D eigenvalue weighted by atomic mass is 15.2. The van der Waals surface area contributed by atoms with E-state index in [1.165, 1.54) is 12.8 Å². The predicted molar refractivity (Wildman–Crippen MR) is 80.6 cm³/mol. The summed E-state index contributed by atoms with van der Waals surface area (Å²) < 4.78 is 0. The fourth-order valence-electron chi connectivity index (χ4n) is 2.82. The number of aromatic nitrogens is 1. The lowest BCUT2D eigenvalue weighted by Crippen LogP contribution is -2.48. The van der Waals surface area contributed by atoms with Crippen LogP contribution in [0, 0.1) is 0 Å². The first kappa shape index (κ1) is 14.3. The molecule has 2 rings (SSSR count). The number of hydrogen-bond donors (Lipinski definition) is 1. The predicted octanol–water partition coefficient (Wildman–Crippen LogP) is 1.59. The van der Waals surface area contributed by atoms with Crippen molar-refractivity contribution in [2.75, 3.05) is 38.6 Å². The van der Waals surface area contributed by atoms with Gasteiger partial charge in [0.25, 0.3) is 0 Å². The van der Waals surface area contributed by atoms with E-state index >= 15 is 0 Å². The van der Waals surface area contributed by atoms with Gasteiger partial charge in [-0.3, -0.25) is 0 Å². The van der Waals surface area contributed by atoms with Gasteiger partial charge in [-0.1, -0.05) is 6.07 Å². The maximum atomic E-state index is 4.43. The molecule has 0 aliphatic carbocycles. The summed E-state index contributed by atoms with van der Waals surface area (Å²) in [5.74, 6) is 1.11. The van der Waals surface area contributed by atoms with E-state index in [1.807, 2.05) is 12.3 Å². The summed E-state index contributed by atoms with van der Waals surface area (Å²) in [4.78, 5) is 9.05. The second kappa shape index (κ2) is 6.87. The molecule has 1 aromatic heterocycles. The van der Waals surface area contributed by atoms with E-state index < -0.39 is 0 Å². The van der Waals surface area contributed by atoms with Crippen molar-refractivity contribution in [3.8, 4) is 0 Å². The van der Waals surface area contributed by atoms with Crippen LogP contribution in [-0.4, -0.2) is 55.7 Å². The number of hydrogen-bond acceptors (Lipinski definition) is 4. The molecule has 2 heterocycles. The normalized spacial score (nSPS) is 18.8. The zero-order chi connectivity index (χ0) is 13.7. The molecule has 19 heavy (non-hydrogen) atoms. The number of rotatable bonds is 5. The third kappa shape index (κ3) is 4.48. The highest BCUT2D eigenvalue weighted by Gasteiger charge is 2.21. The molecule has 0 amide bonds. The Kier molecular flexibility index (Phi) is 5.16. The monoisotopic (exact) mass is 262 g/mol.